The van der Waals surface area contributed by atoms with E-state index in [1.54, 1.807) is 0 Å². The first-order valence-corrected chi connectivity index (χ1v) is 7.54. The first kappa shape index (κ1) is 11.6. The number of hydrogen-bond donors (Lipinski definition) is 0. The summed E-state index contributed by atoms with van der Waals surface area (Å²) in [6, 6.07) is 18.1. The fourth-order valence-corrected chi connectivity index (χ4v) is 2.95. The van der Waals surface area contributed by atoms with Gasteiger partial charge in [0.05, 0.1) is 0 Å². The number of benzene rings is 2. The summed E-state index contributed by atoms with van der Waals surface area (Å²) in [5.74, 6) is 3.17. The van der Waals surface area contributed by atoms with E-state index >= 15 is 0 Å². The fourth-order valence-electron chi connectivity index (χ4n) is 1.17. The van der Waals surface area contributed by atoms with Crippen LogP contribution >= 0.6 is 11.6 Å². The molecule has 0 radical (unpaired) electrons. The van der Waals surface area contributed by atoms with E-state index in [0.29, 0.717) is 0 Å². The van der Waals surface area contributed by atoms with Crippen molar-refractivity contribution >= 4 is 36.1 Å². The third kappa shape index (κ3) is 3.58. The summed E-state index contributed by atoms with van der Waals surface area (Å²) in [6.07, 6.45) is 0. The molecule has 2 rings (SSSR count). The van der Waals surface area contributed by atoms with Crippen LogP contribution in [0.5, 0.6) is 0 Å². The average Bonchev–Trinajstić information content (AvgIpc) is 2.33. The van der Waals surface area contributed by atoms with Crippen LogP contribution in [0.4, 0.5) is 0 Å². The van der Waals surface area contributed by atoms with E-state index in [1.165, 1.54) is 3.61 Å². The summed E-state index contributed by atoms with van der Waals surface area (Å²) in [4.78, 5) is 0. The Morgan fingerprint density at radius 3 is 2.25 bits per heavy atom. The van der Waals surface area contributed by atoms with Crippen LogP contribution < -0.4 is 3.61 Å². The van der Waals surface area contributed by atoms with Crippen molar-refractivity contribution in [3.8, 4) is 9.89 Å². The van der Waals surface area contributed by atoms with Crippen molar-refractivity contribution in [1.29, 1.82) is 0 Å². The van der Waals surface area contributed by atoms with Crippen molar-refractivity contribution in [3.05, 3.63) is 65.2 Å². The summed E-state index contributed by atoms with van der Waals surface area (Å²) < 4.78 is 4.64. The molecular weight excluding hydrogens is 331 g/mol. The minimum atomic E-state index is -0.380. The molecule has 0 N–H and O–H groups in total. The maximum absolute atomic E-state index is 5.80. The molecule has 78 valence electrons. The molecule has 16 heavy (non-hydrogen) atoms. The van der Waals surface area contributed by atoms with E-state index in [4.69, 9.17) is 11.6 Å². The van der Waals surface area contributed by atoms with Crippen LogP contribution in [0.2, 0.25) is 5.02 Å². The predicted octanol–water partition coefficient (Wildman–Crippen LogP) is 2.68. The zero-order chi connectivity index (χ0) is 11.2. The average molecular weight is 340 g/mol. The molecule has 0 saturated carbocycles. The molecule has 0 atom stereocenters. The molecule has 0 saturated heterocycles. The number of rotatable bonds is 1. The molecule has 0 spiro atoms. The maximum atomic E-state index is 5.80. The van der Waals surface area contributed by atoms with Crippen LogP contribution in [0.1, 0.15) is 5.56 Å². The monoisotopic (exact) mass is 342 g/mol. The van der Waals surface area contributed by atoms with Crippen molar-refractivity contribution < 1.29 is 0 Å². The van der Waals surface area contributed by atoms with Gasteiger partial charge in [0.2, 0.25) is 0 Å². The second-order valence-electron chi connectivity index (χ2n) is 3.15. The van der Waals surface area contributed by atoms with Gasteiger partial charge in [-0.1, -0.05) is 0 Å². The van der Waals surface area contributed by atoms with Gasteiger partial charge >= 0.3 is 111 Å². The molecule has 0 amide bonds. The zero-order valence-corrected chi connectivity index (χ0v) is 11.6. The van der Waals surface area contributed by atoms with E-state index in [2.05, 4.69) is 34.2 Å². The Morgan fingerprint density at radius 2 is 1.56 bits per heavy atom. The van der Waals surface area contributed by atoms with Gasteiger partial charge in [-0.25, -0.2) is 0 Å². The van der Waals surface area contributed by atoms with E-state index in [0.717, 1.165) is 10.6 Å². The first-order valence-electron chi connectivity index (χ1n) is 4.83. The summed E-state index contributed by atoms with van der Waals surface area (Å²) >= 11 is 5.42. The molecule has 2 aromatic rings. The van der Waals surface area contributed by atoms with Gasteiger partial charge in [0.1, 0.15) is 0 Å². The number of halogens is 1. The molecule has 0 nitrogen and oxygen atoms in total. The number of hydrogen-bond acceptors (Lipinski definition) is 0. The van der Waals surface area contributed by atoms with Crippen LogP contribution in [0, 0.1) is 9.89 Å². The SMILES string of the molecule is Clc1ccc(C#C[Te]c2ccccc2)cc1. The Labute approximate surface area is 111 Å². The first-order chi connectivity index (χ1) is 7.84. The molecule has 0 aromatic heterocycles. The molecule has 0 aliphatic rings. The Kier molecular flexibility index (Phi) is 4.32. The van der Waals surface area contributed by atoms with Crippen molar-refractivity contribution in [1.82, 2.24) is 0 Å². The molecule has 2 aromatic carbocycles. The van der Waals surface area contributed by atoms with Gasteiger partial charge in [-0.15, -0.1) is 0 Å². The molecule has 0 heterocycles. The molecule has 2 heteroatoms. The molecule has 0 unspecified atom stereocenters. The van der Waals surface area contributed by atoms with Gasteiger partial charge in [0.15, 0.2) is 0 Å². The predicted molar refractivity (Wildman–Crippen MR) is 70.2 cm³/mol. The van der Waals surface area contributed by atoms with Crippen molar-refractivity contribution in [2.45, 2.75) is 0 Å². The van der Waals surface area contributed by atoms with E-state index in [1.807, 2.05) is 30.3 Å². The van der Waals surface area contributed by atoms with Gasteiger partial charge in [0.25, 0.3) is 0 Å². The third-order valence-corrected chi connectivity index (χ3v) is 4.24. The Bertz CT molecular complexity index is 506. The summed E-state index contributed by atoms with van der Waals surface area (Å²) in [5.41, 5.74) is 1.03. The summed E-state index contributed by atoms with van der Waals surface area (Å²) in [7, 11) is 0. The topological polar surface area (TPSA) is 0 Å². The van der Waals surface area contributed by atoms with Gasteiger partial charge in [-0.2, -0.15) is 0 Å². The fraction of sp³-hybridized carbons (Fsp3) is 0. The van der Waals surface area contributed by atoms with E-state index in [-0.39, 0.29) is 20.9 Å². The standard InChI is InChI=1S/C14H9ClTe/c15-13-8-6-12(7-9-13)10-11-16-14-4-2-1-3-5-14/h1-9H. The summed E-state index contributed by atoms with van der Waals surface area (Å²) in [5, 5.41) is 0.755. The van der Waals surface area contributed by atoms with Crippen molar-refractivity contribution in [2.24, 2.45) is 0 Å². The van der Waals surface area contributed by atoms with Crippen LogP contribution in [0.15, 0.2) is 54.6 Å². The molecule has 0 aliphatic carbocycles. The van der Waals surface area contributed by atoms with Crippen LogP contribution in [0.3, 0.4) is 0 Å². The van der Waals surface area contributed by atoms with Gasteiger partial charge < -0.3 is 0 Å². The van der Waals surface area contributed by atoms with Gasteiger partial charge in [-0.05, 0) is 0 Å². The van der Waals surface area contributed by atoms with Crippen molar-refractivity contribution in [2.75, 3.05) is 0 Å². The van der Waals surface area contributed by atoms with E-state index in [9.17, 15) is 0 Å². The second kappa shape index (κ2) is 5.97. The Morgan fingerprint density at radius 1 is 0.875 bits per heavy atom. The van der Waals surface area contributed by atoms with Crippen molar-refractivity contribution in [3.63, 3.8) is 0 Å². The van der Waals surface area contributed by atoms with Crippen LogP contribution in [0.25, 0.3) is 0 Å². The third-order valence-electron chi connectivity index (χ3n) is 1.95. The summed E-state index contributed by atoms with van der Waals surface area (Å²) in [6.45, 7) is 0. The molecule has 0 bridgehead atoms. The van der Waals surface area contributed by atoms with E-state index < -0.39 is 0 Å². The molecule has 0 fully saturated rings. The van der Waals surface area contributed by atoms with Crippen LogP contribution in [-0.4, -0.2) is 20.9 Å². The quantitative estimate of drug-likeness (QED) is 0.553. The normalized spacial score (nSPS) is 9.31. The minimum absolute atomic E-state index is 0.380. The Balaban J connectivity index is 2.03. The second-order valence-corrected chi connectivity index (χ2v) is 6.10. The zero-order valence-electron chi connectivity index (χ0n) is 8.48. The molecule has 0 aliphatic heterocycles. The Hall–Kier alpha value is -0.920. The molecular formula is C14H9ClTe. The van der Waals surface area contributed by atoms with Gasteiger partial charge in [-0.3, -0.25) is 0 Å². The van der Waals surface area contributed by atoms with Gasteiger partial charge in [0, 0.05) is 0 Å². The van der Waals surface area contributed by atoms with Crippen LogP contribution in [-0.2, 0) is 0 Å².